The molecule has 1 aliphatic rings. The summed E-state index contributed by atoms with van der Waals surface area (Å²) in [4.78, 5) is 29.7. The molecule has 0 aliphatic carbocycles. The Morgan fingerprint density at radius 2 is 0.644 bits per heavy atom. The van der Waals surface area contributed by atoms with Crippen molar-refractivity contribution in [3.05, 3.63) is 348 Å². The van der Waals surface area contributed by atoms with E-state index in [1.807, 2.05) is 51.4 Å². The average Bonchev–Trinajstić information content (AvgIpc) is 1.49. The highest BCUT2D eigenvalue weighted by molar-refractivity contribution is 6.23. The summed E-state index contributed by atoms with van der Waals surface area (Å²) in [5.41, 5.74) is 20.6. The second-order valence-electron chi connectivity index (χ2n) is 27.0. The average molecular weight is 1290 g/mol. The van der Waals surface area contributed by atoms with Crippen molar-refractivity contribution < 1.29 is 4.74 Å². The molecule has 468 valence electrons. The van der Waals surface area contributed by atoms with Crippen LogP contribution in [0.4, 0.5) is 0 Å². The van der Waals surface area contributed by atoms with Crippen LogP contribution in [-0.2, 0) is 0 Å². The number of hydrogen-bond donors (Lipinski definition) is 0. The zero-order valence-corrected chi connectivity index (χ0v) is 54.2. The maximum absolute atomic E-state index is 14.9. The molecule has 1 aliphatic heterocycles. The summed E-state index contributed by atoms with van der Waals surface area (Å²) in [5, 5.41) is 16.4. The van der Waals surface area contributed by atoms with Crippen molar-refractivity contribution in [1.82, 2.24) is 18.1 Å². The van der Waals surface area contributed by atoms with E-state index in [1.165, 1.54) is 10.8 Å². The van der Waals surface area contributed by atoms with E-state index >= 15 is 0 Å². The molecule has 0 amide bonds. The highest BCUT2D eigenvalue weighted by Gasteiger charge is 2.28. The molecule has 0 fully saturated rings. The van der Waals surface area contributed by atoms with E-state index in [-0.39, 0.29) is 11.1 Å². The quantitative estimate of drug-likeness (QED) is 0.149. The first-order valence-electron chi connectivity index (χ1n) is 34.4. The van der Waals surface area contributed by atoms with Crippen molar-refractivity contribution in [2.75, 3.05) is 0 Å². The molecule has 21 aromatic rings. The van der Waals surface area contributed by atoms with Crippen LogP contribution in [0.5, 0.6) is 11.5 Å². The Balaban J connectivity index is 0.680. The van der Waals surface area contributed by atoms with E-state index in [2.05, 4.69) is 294 Å². The van der Waals surface area contributed by atoms with E-state index in [4.69, 9.17) is 4.74 Å². The SMILES string of the molecule is O=c1c2ccccc2c2cc(-c3cccc4c(-c5ccc6c7cc(-c8ccc9c(c8)c8cc(-c%10ccc%11c(c%10)c%10ccccc%10n%11-c%10ccccc%10)cc%10c%11ccccc%11c(=O)n9c%108)ccc7n(-c7ccccc7)c6c5)cccc34)cc3c2n1-c1ccc(-c2cccc4ccccc24)cc1O3. The van der Waals surface area contributed by atoms with Gasteiger partial charge in [0, 0.05) is 65.2 Å². The Morgan fingerprint density at radius 1 is 0.218 bits per heavy atom. The Labute approximate surface area is 576 Å². The van der Waals surface area contributed by atoms with Gasteiger partial charge in [-0.05, 0) is 209 Å². The molecule has 0 saturated heterocycles. The van der Waals surface area contributed by atoms with Crippen LogP contribution in [0.25, 0.3) is 197 Å². The topological polar surface area (TPSA) is 62.6 Å². The number of nitrogens with zero attached hydrogens (tertiary/aromatic N) is 4. The van der Waals surface area contributed by atoms with Crippen LogP contribution >= 0.6 is 0 Å². The lowest BCUT2D eigenvalue weighted by Crippen LogP contribution is -2.22. The summed E-state index contributed by atoms with van der Waals surface area (Å²) in [6, 6.07) is 117. The third kappa shape index (κ3) is 7.99. The summed E-state index contributed by atoms with van der Waals surface area (Å²) >= 11 is 0. The van der Waals surface area contributed by atoms with Crippen LogP contribution in [0.1, 0.15) is 0 Å². The number of pyridine rings is 2. The summed E-state index contributed by atoms with van der Waals surface area (Å²) in [6.45, 7) is 0. The number of benzene rings is 16. The van der Waals surface area contributed by atoms with Gasteiger partial charge in [0.15, 0.2) is 11.5 Å². The summed E-state index contributed by atoms with van der Waals surface area (Å²) in [6.07, 6.45) is 0. The van der Waals surface area contributed by atoms with Gasteiger partial charge in [-0.2, -0.15) is 0 Å². The fourth-order valence-electron chi connectivity index (χ4n) is 17.2. The molecule has 5 aromatic heterocycles. The molecule has 22 rings (SSSR count). The molecule has 16 aromatic carbocycles. The highest BCUT2D eigenvalue weighted by Crippen LogP contribution is 2.49. The standard InChI is InChI=1S/C94H54N4O3/c99-93-75-28-11-9-25-71(75)80-49-61(58-39-43-84-77(48-58)73-27-13-14-35-83(73)95(84)63-20-3-1-4-21-63)50-82-79-47-57(38-44-86(79)97(93)91(80)82)56-37-42-85-78(46-56)74-41-36-59(52-88(74)96(85)64-22-5-2-6-23-64)67-31-16-34-70-68(32-17-33-69(67)70)62-51-81-72-26-10-12-29-76(72)94(100)98-87-45-40-60(53-89(87)101-90(54-62)92(81)98)66-30-15-19-55-18-7-8-24-65(55)66/h1-54H. The van der Waals surface area contributed by atoms with E-state index in [0.29, 0.717) is 22.3 Å². The number of fused-ring (bicyclic) bond motifs is 17. The molecule has 0 atom stereocenters. The first-order valence-corrected chi connectivity index (χ1v) is 34.4. The molecule has 0 bridgehead atoms. The number of rotatable bonds is 7. The molecule has 0 N–H and O–H groups in total. The van der Waals surface area contributed by atoms with Gasteiger partial charge in [-0.15, -0.1) is 0 Å². The van der Waals surface area contributed by atoms with Crippen LogP contribution in [0.2, 0.25) is 0 Å². The minimum absolute atomic E-state index is 0.0159. The fraction of sp³-hybridized carbons (Fsp3) is 0. The lowest BCUT2D eigenvalue weighted by molar-refractivity contribution is 0.474. The van der Waals surface area contributed by atoms with Crippen molar-refractivity contribution in [2.45, 2.75) is 0 Å². The smallest absolute Gasteiger partial charge is 0.263 e. The minimum Gasteiger partial charge on any atom is -0.453 e. The van der Waals surface area contributed by atoms with Gasteiger partial charge in [0.25, 0.3) is 11.1 Å². The van der Waals surface area contributed by atoms with E-state index in [0.717, 1.165) is 176 Å². The lowest BCUT2D eigenvalue weighted by atomic mass is 9.91. The molecular formula is C94H54N4O3. The second kappa shape index (κ2) is 20.9. The van der Waals surface area contributed by atoms with Crippen molar-refractivity contribution in [2.24, 2.45) is 0 Å². The molecule has 6 heterocycles. The molecule has 7 nitrogen and oxygen atoms in total. The van der Waals surface area contributed by atoms with Crippen LogP contribution in [0.3, 0.4) is 0 Å². The maximum atomic E-state index is 14.9. The van der Waals surface area contributed by atoms with Gasteiger partial charge in [0.1, 0.15) is 0 Å². The number of hydrogen-bond acceptors (Lipinski definition) is 3. The summed E-state index contributed by atoms with van der Waals surface area (Å²) < 4.78 is 15.6. The number of ether oxygens (including phenoxy) is 1. The van der Waals surface area contributed by atoms with Crippen molar-refractivity contribution >= 4 is 125 Å². The van der Waals surface area contributed by atoms with Crippen molar-refractivity contribution in [3.63, 3.8) is 0 Å². The zero-order valence-electron chi connectivity index (χ0n) is 54.2. The van der Waals surface area contributed by atoms with Crippen LogP contribution in [-0.4, -0.2) is 18.1 Å². The predicted molar refractivity (Wildman–Crippen MR) is 419 cm³/mol. The monoisotopic (exact) mass is 1290 g/mol. The van der Waals surface area contributed by atoms with Gasteiger partial charge in [-0.3, -0.25) is 18.6 Å². The van der Waals surface area contributed by atoms with Crippen LogP contribution < -0.4 is 15.9 Å². The molecular weight excluding hydrogens is 1230 g/mol. The fourth-order valence-corrected chi connectivity index (χ4v) is 17.2. The van der Waals surface area contributed by atoms with Gasteiger partial charge < -0.3 is 13.9 Å². The zero-order chi connectivity index (χ0) is 66.3. The number of para-hydroxylation sites is 3. The van der Waals surface area contributed by atoms with Gasteiger partial charge in [0.2, 0.25) is 0 Å². The Bertz CT molecular complexity index is 7340. The van der Waals surface area contributed by atoms with Crippen molar-refractivity contribution in [1.29, 1.82) is 0 Å². The largest absolute Gasteiger partial charge is 0.453 e. The Hall–Kier alpha value is -13.6. The predicted octanol–water partition coefficient (Wildman–Crippen LogP) is 23.6. The molecule has 0 saturated carbocycles. The molecule has 0 unspecified atom stereocenters. The highest BCUT2D eigenvalue weighted by atomic mass is 16.5. The maximum Gasteiger partial charge on any atom is 0.263 e. The second-order valence-corrected chi connectivity index (χ2v) is 27.0. The van der Waals surface area contributed by atoms with E-state index in [1.54, 1.807) is 0 Å². The minimum atomic E-state index is -0.0779. The van der Waals surface area contributed by atoms with Gasteiger partial charge in [-0.25, -0.2) is 0 Å². The summed E-state index contributed by atoms with van der Waals surface area (Å²) in [7, 11) is 0. The Kier molecular flexibility index (Phi) is 11.5. The van der Waals surface area contributed by atoms with Crippen molar-refractivity contribution in [3.8, 4) is 84.2 Å². The third-order valence-electron chi connectivity index (χ3n) is 21.7. The first-order chi connectivity index (χ1) is 49.9. The Morgan fingerprint density at radius 3 is 1.33 bits per heavy atom. The van der Waals surface area contributed by atoms with Gasteiger partial charge in [0.05, 0.1) is 44.3 Å². The third-order valence-corrected chi connectivity index (χ3v) is 21.7. The normalized spacial score (nSPS) is 12.3. The van der Waals surface area contributed by atoms with Gasteiger partial charge in [-0.1, -0.05) is 206 Å². The van der Waals surface area contributed by atoms with E-state index in [9.17, 15) is 9.59 Å². The molecule has 0 spiro atoms. The van der Waals surface area contributed by atoms with E-state index < -0.39 is 0 Å². The summed E-state index contributed by atoms with van der Waals surface area (Å²) in [5.74, 6) is 1.26. The number of aromatic nitrogens is 4. The van der Waals surface area contributed by atoms with Crippen LogP contribution in [0, 0.1) is 0 Å². The molecule has 0 radical (unpaired) electrons. The van der Waals surface area contributed by atoms with Crippen LogP contribution in [0.15, 0.2) is 337 Å². The van der Waals surface area contributed by atoms with Gasteiger partial charge >= 0.3 is 0 Å². The molecule has 101 heavy (non-hydrogen) atoms. The molecule has 7 heteroatoms. The first kappa shape index (κ1) is 55.5. The lowest BCUT2D eigenvalue weighted by Gasteiger charge is -2.25.